The zero-order valence-electron chi connectivity index (χ0n) is 14.9. The van der Waals surface area contributed by atoms with E-state index in [2.05, 4.69) is 0 Å². The molecule has 1 aliphatic rings. The number of nitrogens with zero attached hydrogens (tertiary/aromatic N) is 1. The van der Waals surface area contributed by atoms with Crippen molar-refractivity contribution in [3.63, 3.8) is 0 Å². The van der Waals surface area contributed by atoms with Crippen molar-refractivity contribution < 1.29 is 13.8 Å². The van der Waals surface area contributed by atoms with Crippen LogP contribution in [0.2, 0.25) is 0 Å². The monoisotopic (exact) mass is 363 g/mol. The van der Waals surface area contributed by atoms with Gasteiger partial charge in [-0.3, -0.25) is 13.9 Å². The first kappa shape index (κ1) is 18.0. The van der Waals surface area contributed by atoms with Crippen LogP contribution in [-0.2, 0) is 7.05 Å². The fourth-order valence-electron chi connectivity index (χ4n) is 2.71. The number of hydrogen-bond donors (Lipinski definition) is 2. The Morgan fingerprint density at radius 1 is 1.24 bits per heavy atom. The lowest BCUT2D eigenvalue weighted by molar-refractivity contribution is 0.300. The number of pyridine rings is 1. The lowest BCUT2D eigenvalue weighted by Crippen LogP contribution is -2.16. The molecule has 1 saturated carbocycles. The summed E-state index contributed by atoms with van der Waals surface area (Å²) in [5, 5.41) is 0. The standard InChI is InChI=1S/C19H25NO4S/c1-4-25(22,23)15-7-8-18(24-12-14-5-6-14)16(10-15)17-11-20(3)19(21)9-13(17)2/h7-11,14,22-23H,4-6,12H2,1-3H3. The maximum Gasteiger partial charge on any atom is 0.250 e. The highest BCUT2D eigenvalue weighted by atomic mass is 32.3. The van der Waals surface area contributed by atoms with Crippen molar-refractivity contribution in [2.75, 3.05) is 12.4 Å². The summed E-state index contributed by atoms with van der Waals surface area (Å²) in [7, 11) is -1.11. The Morgan fingerprint density at radius 2 is 1.96 bits per heavy atom. The normalized spacial score (nSPS) is 15.2. The lowest BCUT2D eigenvalue weighted by Gasteiger charge is -2.31. The largest absolute Gasteiger partial charge is 0.493 e. The van der Waals surface area contributed by atoms with E-state index in [0.29, 0.717) is 23.2 Å². The maximum absolute atomic E-state index is 11.9. The second kappa shape index (κ2) is 6.86. The van der Waals surface area contributed by atoms with E-state index in [1.54, 1.807) is 44.4 Å². The summed E-state index contributed by atoms with van der Waals surface area (Å²) in [4.78, 5) is 12.4. The Hall–Kier alpha value is -1.76. The third kappa shape index (κ3) is 3.92. The second-order valence-electron chi connectivity index (χ2n) is 6.69. The molecule has 1 aromatic heterocycles. The Labute approximate surface area is 149 Å². The van der Waals surface area contributed by atoms with Crippen LogP contribution in [0.1, 0.15) is 25.3 Å². The van der Waals surface area contributed by atoms with Crippen LogP contribution in [0, 0.1) is 12.8 Å². The third-order valence-electron chi connectivity index (χ3n) is 4.63. The van der Waals surface area contributed by atoms with E-state index in [-0.39, 0.29) is 11.3 Å². The van der Waals surface area contributed by atoms with Gasteiger partial charge in [0.05, 0.1) is 11.5 Å². The summed E-state index contributed by atoms with van der Waals surface area (Å²) >= 11 is 0. The second-order valence-corrected chi connectivity index (χ2v) is 9.07. The number of aryl methyl sites for hydroxylation is 2. The lowest BCUT2D eigenvalue weighted by atomic mass is 10.0. The van der Waals surface area contributed by atoms with Crippen LogP contribution in [0.4, 0.5) is 0 Å². The van der Waals surface area contributed by atoms with E-state index in [4.69, 9.17) is 4.74 Å². The van der Waals surface area contributed by atoms with Crippen LogP contribution < -0.4 is 10.3 Å². The van der Waals surface area contributed by atoms with E-state index in [9.17, 15) is 13.9 Å². The van der Waals surface area contributed by atoms with E-state index >= 15 is 0 Å². The van der Waals surface area contributed by atoms with E-state index < -0.39 is 10.6 Å². The van der Waals surface area contributed by atoms with Crippen molar-refractivity contribution in [2.45, 2.75) is 31.6 Å². The first-order chi connectivity index (χ1) is 11.8. The molecule has 25 heavy (non-hydrogen) atoms. The Balaban J connectivity index is 2.10. The maximum atomic E-state index is 11.9. The number of benzene rings is 1. The van der Waals surface area contributed by atoms with Crippen LogP contribution >= 0.6 is 10.6 Å². The Kier molecular flexibility index (Phi) is 4.95. The van der Waals surface area contributed by atoms with Gasteiger partial charge in [0.15, 0.2) is 0 Å². The average molecular weight is 363 g/mol. The van der Waals surface area contributed by atoms with Crippen LogP contribution in [0.15, 0.2) is 40.2 Å². The highest BCUT2D eigenvalue weighted by Gasteiger charge is 2.23. The van der Waals surface area contributed by atoms with Crippen molar-refractivity contribution in [3.05, 3.63) is 46.4 Å². The molecule has 2 aromatic rings. The number of hydrogen-bond acceptors (Lipinski definition) is 4. The zero-order valence-corrected chi connectivity index (χ0v) is 15.7. The molecule has 6 heteroatoms. The van der Waals surface area contributed by atoms with Crippen LogP contribution in [0.5, 0.6) is 5.75 Å². The van der Waals surface area contributed by atoms with Crippen molar-refractivity contribution in [1.82, 2.24) is 4.57 Å². The summed E-state index contributed by atoms with van der Waals surface area (Å²) in [5.74, 6) is 1.59. The third-order valence-corrected chi connectivity index (χ3v) is 6.44. The van der Waals surface area contributed by atoms with Gasteiger partial charge in [0.25, 0.3) is 5.56 Å². The van der Waals surface area contributed by atoms with Crippen molar-refractivity contribution in [1.29, 1.82) is 0 Å². The van der Waals surface area contributed by atoms with Gasteiger partial charge in [-0.1, -0.05) is 0 Å². The fourth-order valence-corrected chi connectivity index (χ4v) is 3.64. The van der Waals surface area contributed by atoms with Crippen LogP contribution in [-0.4, -0.2) is 26.0 Å². The predicted octanol–water partition coefficient (Wildman–Crippen LogP) is 4.28. The Morgan fingerprint density at radius 3 is 2.60 bits per heavy atom. The van der Waals surface area contributed by atoms with Crippen molar-refractivity contribution in [3.8, 4) is 16.9 Å². The van der Waals surface area contributed by atoms with Crippen LogP contribution in [0.3, 0.4) is 0 Å². The highest BCUT2D eigenvalue weighted by Crippen LogP contribution is 2.50. The molecule has 1 heterocycles. The minimum absolute atomic E-state index is 0.0734. The quantitative estimate of drug-likeness (QED) is 0.803. The van der Waals surface area contributed by atoms with Crippen molar-refractivity contribution in [2.24, 2.45) is 13.0 Å². The molecule has 3 rings (SSSR count). The molecule has 0 unspecified atom stereocenters. The SMILES string of the molecule is CCS(O)(O)c1ccc(OCC2CC2)c(-c2cn(C)c(=O)cc2C)c1. The molecule has 1 fully saturated rings. The minimum atomic E-state index is -2.82. The smallest absolute Gasteiger partial charge is 0.250 e. The summed E-state index contributed by atoms with van der Waals surface area (Å²) < 4.78 is 28.1. The summed E-state index contributed by atoms with van der Waals surface area (Å²) in [6.07, 6.45) is 4.17. The molecule has 1 aliphatic carbocycles. The van der Waals surface area contributed by atoms with Gasteiger partial charge in [-0.25, -0.2) is 0 Å². The Bertz CT molecular complexity index is 840. The van der Waals surface area contributed by atoms with E-state index in [0.717, 1.165) is 16.7 Å². The number of rotatable bonds is 6. The molecule has 0 bridgehead atoms. The van der Waals surface area contributed by atoms with E-state index in [1.807, 2.05) is 6.92 Å². The fraction of sp³-hybridized carbons (Fsp3) is 0.421. The van der Waals surface area contributed by atoms with Gasteiger partial charge in [0.1, 0.15) is 5.75 Å². The van der Waals surface area contributed by atoms with Gasteiger partial charge < -0.3 is 9.30 Å². The zero-order chi connectivity index (χ0) is 18.2. The summed E-state index contributed by atoms with van der Waals surface area (Å²) in [6, 6.07) is 6.90. The number of aromatic nitrogens is 1. The molecule has 0 radical (unpaired) electrons. The minimum Gasteiger partial charge on any atom is -0.493 e. The molecule has 0 spiro atoms. The molecule has 5 nitrogen and oxygen atoms in total. The average Bonchev–Trinajstić information content (AvgIpc) is 3.40. The first-order valence-electron chi connectivity index (χ1n) is 8.52. The van der Waals surface area contributed by atoms with Crippen LogP contribution in [0.25, 0.3) is 11.1 Å². The van der Waals surface area contributed by atoms with Gasteiger partial charge in [0, 0.05) is 36.2 Å². The van der Waals surface area contributed by atoms with Crippen molar-refractivity contribution >= 4 is 10.6 Å². The first-order valence-corrected chi connectivity index (χ1v) is 10.2. The molecule has 0 aliphatic heterocycles. The van der Waals surface area contributed by atoms with Gasteiger partial charge in [-0.15, -0.1) is 0 Å². The molecule has 136 valence electrons. The molecular formula is C19H25NO4S. The molecular weight excluding hydrogens is 338 g/mol. The summed E-state index contributed by atoms with van der Waals surface area (Å²) in [5.41, 5.74) is 2.42. The summed E-state index contributed by atoms with van der Waals surface area (Å²) in [6.45, 7) is 4.30. The molecule has 0 atom stereocenters. The highest BCUT2D eigenvalue weighted by molar-refractivity contribution is 8.24. The topological polar surface area (TPSA) is 71.7 Å². The number of ether oxygens (including phenoxy) is 1. The van der Waals surface area contributed by atoms with Gasteiger partial charge in [-0.2, -0.15) is 10.6 Å². The van der Waals surface area contributed by atoms with Gasteiger partial charge in [-0.05, 0) is 56.4 Å². The van der Waals surface area contributed by atoms with Gasteiger partial charge in [0.2, 0.25) is 0 Å². The predicted molar refractivity (Wildman–Crippen MR) is 102 cm³/mol. The van der Waals surface area contributed by atoms with E-state index in [1.165, 1.54) is 17.4 Å². The molecule has 0 amide bonds. The van der Waals surface area contributed by atoms with Gasteiger partial charge >= 0.3 is 0 Å². The molecule has 1 aromatic carbocycles. The molecule has 0 saturated heterocycles. The molecule has 2 N–H and O–H groups in total.